The van der Waals surface area contributed by atoms with Crippen molar-refractivity contribution in [3.05, 3.63) is 36.0 Å². The summed E-state index contributed by atoms with van der Waals surface area (Å²) >= 11 is 1.61. The molecule has 0 bridgehead atoms. The number of anilines is 1. The molecule has 0 atom stereocenters. The number of hydrogen-bond acceptors (Lipinski definition) is 5. The molecule has 128 valence electrons. The van der Waals surface area contributed by atoms with Crippen molar-refractivity contribution >= 4 is 27.4 Å². The standard InChI is InChI=1S/C18H20N6S/c1-18(2,3)13-9-11(23-24(13)4)15-14(16(19)22-21-15)17-20-10-7-5-6-8-12(10)25-17/h5-9H,1-4H3,(H3,19,21,22). The van der Waals surface area contributed by atoms with Gasteiger partial charge in [-0.2, -0.15) is 10.2 Å². The van der Waals surface area contributed by atoms with E-state index in [4.69, 9.17) is 10.7 Å². The first-order valence-corrected chi connectivity index (χ1v) is 8.91. The van der Waals surface area contributed by atoms with Gasteiger partial charge in [-0.25, -0.2) is 4.98 Å². The van der Waals surface area contributed by atoms with Crippen LogP contribution >= 0.6 is 11.3 Å². The predicted molar refractivity (Wildman–Crippen MR) is 103 cm³/mol. The lowest BCUT2D eigenvalue weighted by atomic mass is 9.91. The van der Waals surface area contributed by atoms with Crippen molar-refractivity contribution in [2.24, 2.45) is 7.05 Å². The average Bonchev–Trinajstić information content (AvgIpc) is 3.21. The van der Waals surface area contributed by atoms with Crippen LogP contribution in [0.5, 0.6) is 0 Å². The van der Waals surface area contributed by atoms with Gasteiger partial charge in [-0.3, -0.25) is 9.78 Å². The van der Waals surface area contributed by atoms with E-state index in [0.29, 0.717) is 5.82 Å². The number of nitrogens with two attached hydrogens (primary N) is 1. The molecule has 0 aliphatic carbocycles. The molecule has 0 amide bonds. The largest absolute Gasteiger partial charge is 0.382 e. The van der Waals surface area contributed by atoms with E-state index >= 15 is 0 Å². The highest BCUT2D eigenvalue weighted by molar-refractivity contribution is 7.21. The van der Waals surface area contributed by atoms with E-state index in [1.54, 1.807) is 11.3 Å². The average molecular weight is 352 g/mol. The summed E-state index contributed by atoms with van der Waals surface area (Å²) in [6.07, 6.45) is 0. The molecule has 6 nitrogen and oxygen atoms in total. The fourth-order valence-corrected chi connectivity index (χ4v) is 4.05. The normalized spacial score (nSPS) is 12.2. The van der Waals surface area contributed by atoms with E-state index in [-0.39, 0.29) is 5.41 Å². The third-order valence-corrected chi connectivity index (χ3v) is 5.26. The highest BCUT2D eigenvalue weighted by atomic mass is 32.1. The van der Waals surface area contributed by atoms with Gasteiger partial charge in [-0.15, -0.1) is 11.3 Å². The second-order valence-electron chi connectivity index (χ2n) is 7.13. The number of hydrogen-bond donors (Lipinski definition) is 2. The molecule has 1 aromatic carbocycles. The van der Waals surface area contributed by atoms with Gasteiger partial charge in [0.25, 0.3) is 0 Å². The van der Waals surface area contributed by atoms with Crippen molar-refractivity contribution in [2.75, 3.05) is 5.73 Å². The van der Waals surface area contributed by atoms with E-state index in [1.807, 2.05) is 29.9 Å². The van der Waals surface area contributed by atoms with E-state index < -0.39 is 0 Å². The Labute approximate surface area is 149 Å². The molecule has 0 spiro atoms. The van der Waals surface area contributed by atoms with E-state index in [0.717, 1.165) is 37.9 Å². The first kappa shape index (κ1) is 15.8. The summed E-state index contributed by atoms with van der Waals surface area (Å²) in [7, 11) is 1.96. The SMILES string of the molecule is Cn1nc(-c2[nH]nc(N)c2-c2nc3ccccc3s2)cc1C(C)(C)C. The molecule has 0 unspecified atom stereocenters. The lowest BCUT2D eigenvalue weighted by molar-refractivity contribution is 0.523. The van der Waals surface area contributed by atoms with Crippen molar-refractivity contribution in [3.63, 3.8) is 0 Å². The molecule has 0 aliphatic heterocycles. The molecule has 0 radical (unpaired) electrons. The lowest BCUT2D eigenvalue weighted by Crippen LogP contribution is -2.16. The van der Waals surface area contributed by atoms with Gasteiger partial charge >= 0.3 is 0 Å². The topological polar surface area (TPSA) is 85.4 Å². The van der Waals surface area contributed by atoms with E-state index in [9.17, 15) is 0 Å². The van der Waals surface area contributed by atoms with E-state index in [1.165, 1.54) is 0 Å². The van der Waals surface area contributed by atoms with Gasteiger partial charge in [-0.05, 0) is 18.2 Å². The van der Waals surface area contributed by atoms with Gasteiger partial charge in [0.15, 0.2) is 5.82 Å². The second-order valence-corrected chi connectivity index (χ2v) is 8.16. The molecule has 4 aromatic rings. The minimum Gasteiger partial charge on any atom is -0.382 e. The maximum atomic E-state index is 6.15. The molecule has 3 N–H and O–H groups in total. The minimum atomic E-state index is 0.00158. The summed E-state index contributed by atoms with van der Waals surface area (Å²) in [6.45, 7) is 6.51. The molecular formula is C18H20N6S. The van der Waals surface area contributed by atoms with Crippen LogP contribution in [0, 0.1) is 0 Å². The molecular weight excluding hydrogens is 332 g/mol. The van der Waals surface area contributed by atoms with Crippen LogP contribution in [0.1, 0.15) is 26.5 Å². The van der Waals surface area contributed by atoms with Gasteiger partial charge in [0, 0.05) is 18.2 Å². The molecule has 4 rings (SSSR count). The third-order valence-electron chi connectivity index (χ3n) is 4.21. The summed E-state index contributed by atoms with van der Waals surface area (Å²) < 4.78 is 3.04. The van der Waals surface area contributed by atoms with Gasteiger partial charge in [-0.1, -0.05) is 32.9 Å². The minimum absolute atomic E-state index is 0.00158. The summed E-state index contributed by atoms with van der Waals surface area (Å²) in [5.74, 6) is 0.442. The number of nitrogen functional groups attached to an aromatic ring is 1. The van der Waals surface area contributed by atoms with Gasteiger partial charge < -0.3 is 5.73 Å². The fraction of sp³-hybridized carbons (Fsp3) is 0.278. The number of rotatable bonds is 2. The highest BCUT2D eigenvalue weighted by Gasteiger charge is 2.24. The Morgan fingerprint density at radius 2 is 1.96 bits per heavy atom. The summed E-state index contributed by atoms with van der Waals surface area (Å²) in [4.78, 5) is 4.72. The first-order chi connectivity index (χ1) is 11.8. The zero-order valence-electron chi connectivity index (χ0n) is 14.7. The number of nitrogens with zero attached hydrogens (tertiary/aromatic N) is 4. The van der Waals surface area contributed by atoms with Crippen molar-refractivity contribution in [1.82, 2.24) is 25.0 Å². The Morgan fingerprint density at radius 3 is 2.64 bits per heavy atom. The Balaban J connectivity index is 1.88. The van der Waals surface area contributed by atoms with Crippen LogP contribution in [0.15, 0.2) is 30.3 Å². The predicted octanol–water partition coefficient (Wildman–Crippen LogP) is 3.97. The molecule has 3 aromatic heterocycles. The van der Waals surface area contributed by atoms with Crippen LogP contribution in [0.3, 0.4) is 0 Å². The zero-order chi connectivity index (χ0) is 17.8. The maximum absolute atomic E-state index is 6.15. The van der Waals surface area contributed by atoms with Crippen molar-refractivity contribution < 1.29 is 0 Å². The van der Waals surface area contributed by atoms with Crippen LogP contribution in [0.2, 0.25) is 0 Å². The quantitative estimate of drug-likeness (QED) is 0.572. The number of H-pyrrole nitrogens is 1. The number of para-hydroxylation sites is 1. The Bertz CT molecular complexity index is 1030. The van der Waals surface area contributed by atoms with Gasteiger partial charge in [0.2, 0.25) is 0 Å². The third kappa shape index (κ3) is 2.60. The van der Waals surface area contributed by atoms with Gasteiger partial charge in [0.1, 0.15) is 10.7 Å². The van der Waals surface area contributed by atoms with Crippen LogP contribution < -0.4 is 5.73 Å². The number of fused-ring (bicyclic) bond motifs is 1. The van der Waals surface area contributed by atoms with Crippen LogP contribution in [0.25, 0.3) is 32.2 Å². The number of thiazole rings is 1. The number of nitrogens with one attached hydrogen (secondary N) is 1. The molecule has 7 heteroatoms. The Morgan fingerprint density at radius 1 is 1.20 bits per heavy atom. The molecule has 3 heterocycles. The van der Waals surface area contributed by atoms with Crippen LogP contribution in [0.4, 0.5) is 5.82 Å². The van der Waals surface area contributed by atoms with Crippen LogP contribution in [-0.2, 0) is 12.5 Å². The number of benzene rings is 1. The molecule has 25 heavy (non-hydrogen) atoms. The van der Waals surface area contributed by atoms with Gasteiger partial charge in [0.05, 0.1) is 21.5 Å². The summed E-state index contributed by atoms with van der Waals surface area (Å²) in [5.41, 5.74) is 10.7. The van der Waals surface area contributed by atoms with Crippen molar-refractivity contribution in [3.8, 4) is 22.0 Å². The lowest BCUT2D eigenvalue weighted by Gasteiger charge is -2.17. The Hall–Kier alpha value is -2.67. The molecule has 0 aliphatic rings. The monoisotopic (exact) mass is 352 g/mol. The van der Waals surface area contributed by atoms with E-state index in [2.05, 4.69) is 48.2 Å². The smallest absolute Gasteiger partial charge is 0.156 e. The maximum Gasteiger partial charge on any atom is 0.156 e. The summed E-state index contributed by atoms with van der Waals surface area (Å²) in [6, 6.07) is 10.1. The Kier molecular flexibility index (Phi) is 3.43. The zero-order valence-corrected chi connectivity index (χ0v) is 15.5. The molecule has 0 saturated heterocycles. The number of aromatic amines is 1. The molecule has 0 fully saturated rings. The summed E-state index contributed by atoms with van der Waals surface area (Å²) in [5, 5.41) is 12.8. The van der Waals surface area contributed by atoms with Crippen molar-refractivity contribution in [2.45, 2.75) is 26.2 Å². The van der Waals surface area contributed by atoms with Crippen molar-refractivity contribution in [1.29, 1.82) is 0 Å². The highest BCUT2D eigenvalue weighted by Crippen LogP contribution is 2.39. The fourth-order valence-electron chi connectivity index (χ4n) is 3.03. The number of aromatic nitrogens is 5. The second kappa shape index (κ2) is 5.42. The van der Waals surface area contributed by atoms with Crippen LogP contribution in [-0.4, -0.2) is 25.0 Å². The first-order valence-electron chi connectivity index (χ1n) is 8.09. The molecule has 0 saturated carbocycles. The number of aryl methyl sites for hydroxylation is 1.